The molecule has 0 spiro atoms. The number of hydrogen-bond acceptors (Lipinski definition) is 4. The lowest BCUT2D eigenvalue weighted by Crippen LogP contribution is -2.29. The van der Waals surface area contributed by atoms with Crippen molar-refractivity contribution in [2.75, 3.05) is 6.54 Å². The molecule has 1 aliphatic rings. The Hall–Kier alpha value is -1.28. The number of benzene rings is 2. The maximum atomic E-state index is 12.5. The average Bonchev–Trinajstić information content (AvgIpc) is 2.93. The number of nitrogens with zero attached hydrogens (tertiary/aromatic N) is 1. The van der Waals surface area contributed by atoms with Crippen LogP contribution in [0.4, 0.5) is 4.79 Å². The van der Waals surface area contributed by atoms with Gasteiger partial charge < -0.3 is 4.74 Å². The minimum absolute atomic E-state index is 0.215. The summed E-state index contributed by atoms with van der Waals surface area (Å²) in [5, 5.41) is 0.433. The summed E-state index contributed by atoms with van der Waals surface area (Å²) in [7, 11) is 0. The molecular weight excluding hydrogens is 542 g/mol. The minimum Gasteiger partial charge on any atom is -0.486 e. The van der Waals surface area contributed by atoms with Crippen LogP contribution in [-0.4, -0.2) is 22.6 Å². The van der Waals surface area contributed by atoms with E-state index in [4.69, 9.17) is 16.3 Å². The summed E-state index contributed by atoms with van der Waals surface area (Å²) in [6.07, 6.45) is 3.46. The smallest absolute Gasteiger partial charge is 0.293 e. The van der Waals surface area contributed by atoms with Gasteiger partial charge in [-0.25, -0.2) is 0 Å². The molecule has 0 N–H and O–H groups in total. The molecule has 2 aromatic carbocycles. The number of carbonyl (C=O) groups is 2. The van der Waals surface area contributed by atoms with Crippen LogP contribution in [0.1, 0.15) is 30.9 Å². The molecule has 1 fully saturated rings. The molecule has 2 aromatic rings. The number of ether oxygens (including phenoxy) is 1. The van der Waals surface area contributed by atoms with Crippen LogP contribution in [0.5, 0.6) is 5.75 Å². The maximum Gasteiger partial charge on any atom is 0.293 e. The van der Waals surface area contributed by atoms with Gasteiger partial charge in [-0.2, -0.15) is 0 Å². The fourth-order valence-corrected chi connectivity index (χ4v) is 5.23. The average molecular weight is 560 g/mol. The fourth-order valence-electron chi connectivity index (χ4n) is 2.73. The summed E-state index contributed by atoms with van der Waals surface area (Å²) in [4.78, 5) is 26.4. The summed E-state index contributed by atoms with van der Waals surface area (Å²) >= 11 is 14.2. The number of thioether (sulfide) groups is 1. The molecule has 2 amide bonds. The number of hydrogen-bond donors (Lipinski definition) is 0. The summed E-state index contributed by atoms with van der Waals surface area (Å²) in [5.41, 5.74) is 1.67. The van der Waals surface area contributed by atoms with E-state index in [1.165, 1.54) is 4.90 Å². The van der Waals surface area contributed by atoms with E-state index in [0.29, 0.717) is 28.8 Å². The van der Waals surface area contributed by atoms with Gasteiger partial charge in [-0.1, -0.05) is 43.1 Å². The lowest BCUT2D eigenvalue weighted by molar-refractivity contribution is -0.122. The molecule has 0 aromatic heterocycles. The molecule has 0 bridgehead atoms. The van der Waals surface area contributed by atoms with Gasteiger partial charge in [0, 0.05) is 17.1 Å². The Morgan fingerprint density at radius 3 is 2.52 bits per heavy atom. The lowest BCUT2D eigenvalue weighted by atomic mass is 10.2. The number of carbonyl (C=O) groups excluding carboxylic acids is 2. The van der Waals surface area contributed by atoms with Crippen LogP contribution in [-0.2, 0) is 11.4 Å². The van der Waals surface area contributed by atoms with Crippen molar-refractivity contribution in [3.63, 3.8) is 0 Å². The second-order valence-electron chi connectivity index (χ2n) is 6.38. The van der Waals surface area contributed by atoms with Crippen molar-refractivity contribution in [3.05, 3.63) is 66.4 Å². The first-order valence-corrected chi connectivity index (χ1v) is 11.8. The van der Waals surface area contributed by atoms with E-state index in [1.807, 2.05) is 43.3 Å². The summed E-state index contributed by atoms with van der Waals surface area (Å²) in [6, 6.07) is 11.2. The third-order valence-electron chi connectivity index (χ3n) is 4.26. The highest BCUT2D eigenvalue weighted by Gasteiger charge is 2.34. The second-order valence-corrected chi connectivity index (χ2v) is 9.49. The van der Waals surface area contributed by atoms with Gasteiger partial charge in [0.15, 0.2) is 0 Å². The molecule has 152 valence electrons. The Morgan fingerprint density at radius 1 is 1.17 bits per heavy atom. The highest BCUT2D eigenvalue weighted by molar-refractivity contribution is 9.11. The van der Waals surface area contributed by atoms with Crippen LogP contribution in [0, 0.1) is 0 Å². The van der Waals surface area contributed by atoms with Crippen LogP contribution in [0.15, 0.2) is 50.2 Å². The number of amides is 2. The van der Waals surface area contributed by atoms with E-state index in [0.717, 1.165) is 44.7 Å². The number of halogens is 3. The molecule has 0 aliphatic carbocycles. The molecule has 1 saturated heterocycles. The molecule has 1 aliphatic heterocycles. The van der Waals surface area contributed by atoms with Crippen molar-refractivity contribution in [2.24, 2.45) is 0 Å². The highest BCUT2D eigenvalue weighted by Crippen LogP contribution is 2.38. The fraction of sp³-hybridized carbons (Fsp3) is 0.238. The van der Waals surface area contributed by atoms with E-state index >= 15 is 0 Å². The van der Waals surface area contributed by atoms with Gasteiger partial charge in [-0.15, -0.1) is 0 Å². The third kappa shape index (κ3) is 5.45. The normalized spacial score (nSPS) is 15.4. The number of imide groups is 1. The van der Waals surface area contributed by atoms with Gasteiger partial charge in [0.05, 0.1) is 13.9 Å². The first-order chi connectivity index (χ1) is 13.9. The van der Waals surface area contributed by atoms with Crippen molar-refractivity contribution in [1.29, 1.82) is 0 Å². The molecular formula is C21H18Br2ClNO3S. The minimum atomic E-state index is -0.236. The van der Waals surface area contributed by atoms with Crippen molar-refractivity contribution in [1.82, 2.24) is 4.90 Å². The Morgan fingerprint density at radius 2 is 1.86 bits per heavy atom. The number of unbranched alkanes of at least 4 members (excludes halogenated alkanes) is 1. The Balaban J connectivity index is 1.77. The van der Waals surface area contributed by atoms with E-state index in [2.05, 4.69) is 31.9 Å². The quantitative estimate of drug-likeness (QED) is 0.335. The van der Waals surface area contributed by atoms with Gasteiger partial charge >= 0.3 is 0 Å². The van der Waals surface area contributed by atoms with Crippen LogP contribution < -0.4 is 4.74 Å². The van der Waals surface area contributed by atoms with Crippen molar-refractivity contribution in [2.45, 2.75) is 26.4 Å². The predicted molar refractivity (Wildman–Crippen MR) is 125 cm³/mol. The highest BCUT2D eigenvalue weighted by atomic mass is 79.9. The Bertz CT molecular complexity index is 957. The van der Waals surface area contributed by atoms with E-state index in [9.17, 15) is 9.59 Å². The van der Waals surface area contributed by atoms with E-state index in [1.54, 1.807) is 6.08 Å². The van der Waals surface area contributed by atoms with Crippen LogP contribution in [0.3, 0.4) is 0 Å². The molecule has 3 rings (SSSR count). The maximum absolute atomic E-state index is 12.5. The van der Waals surface area contributed by atoms with Gasteiger partial charge in [-0.05, 0) is 79.9 Å². The van der Waals surface area contributed by atoms with Gasteiger partial charge in [0.2, 0.25) is 0 Å². The molecule has 0 radical (unpaired) electrons. The lowest BCUT2D eigenvalue weighted by Gasteiger charge is -2.12. The molecule has 4 nitrogen and oxygen atoms in total. The first kappa shape index (κ1) is 22.4. The molecule has 0 atom stereocenters. The third-order valence-corrected chi connectivity index (χ3v) is 6.71. The molecule has 29 heavy (non-hydrogen) atoms. The van der Waals surface area contributed by atoms with Crippen molar-refractivity contribution in [3.8, 4) is 5.75 Å². The predicted octanol–water partition coefficient (Wildman–Crippen LogP) is 7.28. The largest absolute Gasteiger partial charge is 0.486 e. The summed E-state index contributed by atoms with van der Waals surface area (Å²) in [6.45, 7) is 2.81. The summed E-state index contributed by atoms with van der Waals surface area (Å²) < 4.78 is 7.39. The zero-order valence-electron chi connectivity index (χ0n) is 15.6. The molecule has 8 heteroatoms. The Labute approximate surface area is 195 Å². The van der Waals surface area contributed by atoms with Gasteiger partial charge in [0.1, 0.15) is 12.4 Å². The zero-order chi connectivity index (χ0) is 21.0. The summed E-state index contributed by atoms with van der Waals surface area (Å²) in [5.74, 6) is 0.401. The van der Waals surface area contributed by atoms with Crippen LogP contribution >= 0.6 is 55.2 Å². The zero-order valence-corrected chi connectivity index (χ0v) is 20.3. The van der Waals surface area contributed by atoms with Crippen molar-refractivity contribution >= 4 is 72.4 Å². The number of rotatable bonds is 7. The van der Waals surface area contributed by atoms with Crippen LogP contribution in [0.2, 0.25) is 5.02 Å². The van der Waals surface area contributed by atoms with Gasteiger partial charge in [-0.3, -0.25) is 14.5 Å². The Kier molecular flexibility index (Phi) is 7.85. The SMILES string of the molecule is CCCCN1C(=O)S/C(=C\c2cc(Br)c(OCc3ccccc3Cl)c(Br)c2)C1=O. The second kappa shape index (κ2) is 10.2. The van der Waals surface area contributed by atoms with E-state index in [-0.39, 0.29) is 11.1 Å². The topological polar surface area (TPSA) is 46.6 Å². The van der Waals surface area contributed by atoms with Crippen molar-refractivity contribution < 1.29 is 14.3 Å². The molecule has 1 heterocycles. The molecule has 0 saturated carbocycles. The first-order valence-electron chi connectivity index (χ1n) is 9.01. The molecule has 0 unspecified atom stereocenters. The van der Waals surface area contributed by atoms with Crippen LogP contribution in [0.25, 0.3) is 6.08 Å². The standard InChI is InChI=1S/C21H18Br2ClNO3S/c1-2-3-8-25-20(26)18(29-21(25)27)11-13-9-15(22)19(16(23)10-13)28-12-14-6-4-5-7-17(14)24/h4-7,9-11H,2-3,8,12H2,1H3/b18-11-. The van der Waals surface area contributed by atoms with E-state index < -0.39 is 0 Å². The van der Waals surface area contributed by atoms with Gasteiger partial charge in [0.25, 0.3) is 11.1 Å². The monoisotopic (exact) mass is 557 g/mol.